The van der Waals surface area contributed by atoms with Crippen molar-refractivity contribution in [3.05, 3.63) is 51.2 Å². The lowest BCUT2D eigenvalue weighted by atomic mass is 9.93. The van der Waals surface area contributed by atoms with E-state index in [4.69, 9.17) is 4.98 Å². The van der Waals surface area contributed by atoms with Crippen molar-refractivity contribution in [1.82, 2.24) is 10.3 Å². The minimum absolute atomic E-state index is 0.187. The Morgan fingerprint density at radius 1 is 1.30 bits per heavy atom. The van der Waals surface area contributed by atoms with Gasteiger partial charge in [0.05, 0.1) is 11.2 Å². The van der Waals surface area contributed by atoms with Gasteiger partial charge >= 0.3 is 0 Å². The van der Waals surface area contributed by atoms with Gasteiger partial charge in [0, 0.05) is 4.88 Å². The highest BCUT2D eigenvalue weighted by Crippen LogP contribution is 2.34. The summed E-state index contributed by atoms with van der Waals surface area (Å²) in [5.41, 5.74) is 2.22. The molecule has 1 aliphatic carbocycles. The number of hydrogen-bond donors (Lipinski definition) is 1. The molecule has 1 heterocycles. The second-order valence-corrected chi connectivity index (χ2v) is 6.71. The number of nitrogens with zero attached hydrogens (tertiary/aromatic N) is 1. The third-order valence-electron chi connectivity index (χ3n) is 4.09. The Morgan fingerprint density at radius 3 is 2.70 bits per heavy atom. The SMILES string of the molecule is CNC(C)(Cc1ccc(F)cc1)c1nc2c(s1)CCC2. The van der Waals surface area contributed by atoms with E-state index in [0.717, 1.165) is 23.4 Å². The predicted molar refractivity (Wildman–Crippen MR) is 80.7 cm³/mol. The Labute approximate surface area is 123 Å². The average molecular weight is 290 g/mol. The van der Waals surface area contributed by atoms with Crippen molar-refractivity contribution in [3.63, 3.8) is 0 Å². The van der Waals surface area contributed by atoms with Gasteiger partial charge < -0.3 is 5.32 Å². The summed E-state index contributed by atoms with van der Waals surface area (Å²) in [6.07, 6.45) is 4.34. The van der Waals surface area contributed by atoms with E-state index >= 15 is 0 Å². The molecule has 1 N–H and O–H groups in total. The van der Waals surface area contributed by atoms with Gasteiger partial charge in [0.2, 0.25) is 0 Å². The summed E-state index contributed by atoms with van der Waals surface area (Å²) in [5.74, 6) is -0.187. The quantitative estimate of drug-likeness (QED) is 0.933. The molecule has 0 spiro atoms. The number of likely N-dealkylation sites (N-methyl/N-ethyl adjacent to an activating group) is 1. The molecule has 0 amide bonds. The lowest BCUT2D eigenvalue weighted by Crippen LogP contribution is -2.39. The lowest BCUT2D eigenvalue weighted by Gasteiger charge is -2.27. The smallest absolute Gasteiger partial charge is 0.123 e. The molecule has 106 valence electrons. The van der Waals surface area contributed by atoms with Gasteiger partial charge in [-0.1, -0.05) is 12.1 Å². The number of thiazole rings is 1. The first-order valence-corrected chi connectivity index (χ1v) is 7.85. The van der Waals surface area contributed by atoms with E-state index in [1.807, 2.05) is 30.5 Å². The van der Waals surface area contributed by atoms with Crippen molar-refractivity contribution in [2.45, 2.75) is 38.1 Å². The van der Waals surface area contributed by atoms with Crippen LogP contribution in [0.15, 0.2) is 24.3 Å². The molecule has 1 atom stereocenters. The van der Waals surface area contributed by atoms with Crippen LogP contribution in [0.4, 0.5) is 4.39 Å². The van der Waals surface area contributed by atoms with Crippen molar-refractivity contribution < 1.29 is 4.39 Å². The monoisotopic (exact) mass is 290 g/mol. The van der Waals surface area contributed by atoms with Crippen molar-refractivity contribution in [3.8, 4) is 0 Å². The number of rotatable bonds is 4. The number of hydrogen-bond acceptors (Lipinski definition) is 3. The number of aryl methyl sites for hydroxylation is 2. The Balaban J connectivity index is 1.87. The van der Waals surface area contributed by atoms with Gasteiger partial charge in [0.1, 0.15) is 10.8 Å². The van der Waals surface area contributed by atoms with Crippen LogP contribution in [-0.4, -0.2) is 12.0 Å². The third-order valence-corrected chi connectivity index (χ3v) is 5.51. The van der Waals surface area contributed by atoms with Gasteiger partial charge in [-0.3, -0.25) is 0 Å². The Kier molecular flexibility index (Phi) is 3.61. The van der Waals surface area contributed by atoms with Crippen LogP contribution >= 0.6 is 11.3 Å². The fourth-order valence-corrected chi connectivity index (χ4v) is 4.01. The normalized spacial score (nSPS) is 16.9. The van der Waals surface area contributed by atoms with E-state index < -0.39 is 0 Å². The zero-order chi connectivity index (χ0) is 14.2. The standard InChI is InChI=1S/C16H19FN2S/c1-16(18-2,10-11-6-8-12(17)9-7-11)15-19-13-4-3-5-14(13)20-15/h6-9,18H,3-5,10H2,1-2H3. The summed E-state index contributed by atoms with van der Waals surface area (Å²) in [5, 5.41) is 4.55. The summed E-state index contributed by atoms with van der Waals surface area (Å²) >= 11 is 1.83. The fourth-order valence-electron chi connectivity index (χ4n) is 2.71. The molecule has 0 radical (unpaired) electrons. The third kappa shape index (κ3) is 2.50. The summed E-state index contributed by atoms with van der Waals surface area (Å²) in [6, 6.07) is 6.75. The highest BCUT2D eigenvalue weighted by molar-refractivity contribution is 7.12. The van der Waals surface area contributed by atoms with E-state index in [9.17, 15) is 4.39 Å². The largest absolute Gasteiger partial charge is 0.308 e. The van der Waals surface area contributed by atoms with Gasteiger partial charge in [-0.05, 0) is 57.4 Å². The molecule has 3 rings (SSSR count). The number of benzene rings is 1. The van der Waals surface area contributed by atoms with E-state index in [2.05, 4.69) is 12.2 Å². The molecule has 0 aliphatic heterocycles. The second-order valence-electron chi connectivity index (χ2n) is 5.63. The Morgan fingerprint density at radius 2 is 2.05 bits per heavy atom. The maximum Gasteiger partial charge on any atom is 0.123 e. The number of halogens is 1. The average Bonchev–Trinajstić information content (AvgIpc) is 3.02. The van der Waals surface area contributed by atoms with Crippen LogP contribution in [0.3, 0.4) is 0 Å². The van der Waals surface area contributed by atoms with Crippen LogP contribution in [0.25, 0.3) is 0 Å². The van der Waals surface area contributed by atoms with Crippen LogP contribution in [0.5, 0.6) is 0 Å². The summed E-state index contributed by atoms with van der Waals surface area (Å²) in [7, 11) is 1.97. The Hall–Kier alpha value is -1.26. The lowest BCUT2D eigenvalue weighted by molar-refractivity contribution is 0.394. The first-order chi connectivity index (χ1) is 9.60. The maximum atomic E-state index is 13.0. The number of aromatic nitrogens is 1. The van der Waals surface area contributed by atoms with E-state index in [1.54, 1.807) is 0 Å². The highest BCUT2D eigenvalue weighted by Gasteiger charge is 2.31. The molecule has 1 aromatic carbocycles. The van der Waals surface area contributed by atoms with E-state index in [-0.39, 0.29) is 11.4 Å². The zero-order valence-electron chi connectivity index (χ0n) is 11.9. The van der Waals surface area contributed by atoms with Gasteiger partial charge in [0.15, 0.2) is 0 Å². The van der Waals surface area contributed by atoms with Gasteiger partial charge in [-0.15, -0.1) is 11.3 Å². The molecule has 1 unspecified atom stereocenters. The summed E-state index contributed by atoms with van der Waals surface area (Å²) in [4.78, 5) is 6.27. The maximum absolute atomic E-state index is 13.0. The van der Waals surface area contributed by atoms with Crippen LogP contribution in [0.2, 0.25) is 0 Å². The molecule has 0 saturated carbocycles. The first-order valence-electron chi connectivity index (χ1n) is 7.03. The van der Waals surface area contributed by atoms with Crippen molar-refractivity contribution in [1.29, 1.82) is 0 Å². The van der Waals surface area contributed by atoms with Crippen molar-refractivity contribution in [2.24, 2.45) is 0 Å². The van der Waals surface area contributed by atoms with Crippen LogP contribution < -0.4 is 5.32 Å². The molecule has 20 heavy (non-hydrogen) atoms. The molecule has 2 nitrogen and oxygen atoms in total. The van der Waals surface area contributed by atoms with E-state index in [0.29, 0.717) is 0 Å². The number of fused-ring (bicyclic) bond motifs is 1. The highest BCUT2D eigenvalue weighted by atomic mass is 32.1. The molecule has 0 fully saturated rings. The first kappa shape index (κ1) is 13.7. The zero-order valence-corrected chi connectivity index (χ0v) is 12.7. The molecule has 2 aromatic rings. The minimum atomic E-state index is -0.188. The van der Waals surface area contributed by atoms with Gasteiger partial charge in [-0.2, -0.15) is 0 Å². The van der Waals surface area contributed by atoms with Crippen molar-refractivity contribution in [2.75, 3.05) is 7.05 Å². The summed E-state index contributed by atoms with van der Waals surface area (Å²) in [6.45, 7) is 2.17. The topological polar surface area (TPSA) is 24.9 Å². The van der Waals surface area contributed by atoms with E-state index in [1.165, 1.54) is 35.5 Å². The molecule has 1 aliphatic rings. The van der Waals surface area contributed by atoms with Crippen LogP contribution in [-0.2, 0) is 24.8 Å². The molecular weight excluding hydrogens is 271 g/mol. The minimum Gasteiger partial charge on any atom is -0.308 e. The predicted octanol–water partition coefficient (Wildman–Crippen LogP) is 3.45. The fraction of sp³-hybridized carbons (Fsp3) is 0.438. The summed E-state index contributed by atoms with van der Waals surface area (Å²) < 4.78 is 13.0. The molecule has 4 heteroatoms. The Bertz CT molecular complexity index is 584. The molecular formula is C16H19FN2S. The van der Waals surface area contributed by atoms with Gasteiger partial charge in [0.25, 0.3) is 0 Å². The van der Waals surface area contributed by atoms with Crippen LogP contribution in [0.1, 0.15) is 34.5 Å². The number of nitrogens with one attached hydrogen (secondary N) is 1. The molecule has 0 bridgehead atoms. The molecule has 1 aromatic heterocycles. The molecule has 0 saturated heterocycles. The van der Waals surface area contributed by atoms with Crippen LogP contribution in [0, 0.1) is 5.82 Å². The van der Waals surface area contributed by atoms with Gasteiger partial charge in [-0.25, -0.2) is 9.37 Å². The van der Waals surface area contributed by atoms with Crippen molar-refractivity contribution >= 4 is 11.3 Å². The second kappa shape index (κ2) is 5.26.